The van der Waals surface area contributed by atoms with Gasteiger partial charge in [0.05, 0.1) is 21.3 Å². The van der Waals surface area contributed by atoms with Gasteiger partial charge < -0.3 is 19.3 Å². The molecule has 1 fully saturated rings. The van der Waals surface area contributed by atoms with Gasteiger partial charge in [-0.15, -0.1) is 0 Å². The fourth-order valence-corrected chi connectivity index (χ4v) is 6.86. The van der Waals surface area contributed by atoms with Crippen molar-refractivity contribution >= 4 is 0 Å². The molecule has 0 saturated carbocycles. The van der Waals surface area contributed by atoms with E-state index in [0.717, 1.165) is 56.8 Å². The minimum Gasteiger partial charge on any atom is -0.504 e. The van der Waals surface area contributed by atoms with Crippen molar-refractivity contribution in [3.05, 3.63) is 46.5 Å². The summed E-state index contributed by atoms with van der Waals surface area (Å²) < 4.78 is 16.7. The Bertz CT molecular complexity index is 1070. The standard InChI is InChI=1S/C29H40N2O4/c1-6-18-17-31-10-8-20-14-28(34-4)29(35-5)16-23(20)25(31)12-21(18)11-24-22-15-27(33-3)26(32)13-19(22)7-9-30(24)2/h13-16,18,21,24-25,32H,6-12,17H2,1-5H3. The second-order valence-corrected chi connectivity index (χ2v) is 10.5. The smallest absolute Gasteiger partial charge is 0.161 e. The lowest BCUT2D eigenvalue weighted by Gasteiger charge is -2.49. The predicted octanol–water partition coefficient (Wildman–Crippen LogP) is 4.98. The van der Waals surface area contributed by atoms with Gasteiger partial charge in [-0.3, -0.25) is 9.80 Å². The third-order valence-corrected chi connectivity index (χ3v) is 8.89. The van der Waals surface area contributed by atoms with Crippen molar-refractivity contribution in [2.75, 3.05) is 48.0 Å². The van der Waals surface area contributed by atoms with Gasteiger partial charge in [0.15, 0.2) is 23.0 Å². The van der Waals surface area contributed by atoms with E-state index in [-0.39, 0.29) is 5.75 Å². The van der Waals surface area contributed by atoms with E-state index in [9.17, 15) is 5.11 Å². The summed E-state index contributed by atoms with van der Waals surface area (Å²) in [5.41, 5.74) is 5.40. The number of hydrogen-bond donors (Lipinski definition) is 1. The Balaban J connectivity index is 1.45. The summed E-state index contributed by atoms with van der Waals surface area (Å²) in [5.74, 6) is 3.79. The maximum absolute atomic E-state index is 10.4. The van der Waals surface area contributed by atoms with E-state index in [1.165, 1.54) is 28.7 Å². The number of ether oxygens (including phenoxy) is 3. The number of nitrogens with zero attached hydrogens (tertiary/aromatic N) is 2. The van der Waals surface area contributed by atoms with Crippen LogP contribution in [0.2, 0.25) is 0 Å². The molecule has 0 spiro atoms. The molecule has 1 N–H and O–H groups in total. The maximum Gasteiger partial charge on any atom is 0.161 e. The van der Waals surface area contributed by atoms with E-state index in [2.05, 4.69) is 42.0 Å². The summed E-state index contributed by atoms with van der Waals surface area (Å²) in [6.07, 6.45) is 5.52. The van der Waals surface area contributed by atoms with Gasteiger partial charge in [0, 0.05) is 31.7 Å². The highest BCUT2D eigenvalue weighted by Crippen LogP contribution is 2.48. The maximum atomic E-state index is 10.4. The van der Waals surface area contributed by atoms with Crippen LogP contribution in [0.5, 0.6) is 23.0 Å². The second kappa shape index (κ2) is 9.90. The van der Waals surface area contributed by atoms with Gasteiger partial charge in [0.25, 0.3) is 0 Å². The number of methoxy groups -OCH3 is 3. The van der Waals surface area contributed by atoms with Crippen LogP contribution >= 0.6 is 0 Å². The number of phenolic OH excluding ortho intramolecular Hbond substituents is 1. The minimum absolute atomic E-state index is 0.248. The number of benzene rings is 2. The monoisotopic (exact) mass is 480 g/mol. The van der Waals surface area contributed by atoms with Crippen molar-refractivity contribution in [1.29, 1.82) is 0 Å². The molecule has 3 aliphatic rings. The minimum atomic E-state index is 0.248. The van der Waals surface area contributed by atoms with Crippen molar-refractivity contribution in [3.63, 3.8) is 0 Å². The Morgan fingerprint density at radius 3 is 2.23 bits per heavy atom. The average molecular weight is 481 g/mol. The molecule has 5 rings (SSSR count). The molecule has 3 heterocycles. The Morgan fingerprint density at radius 2 is 1.51 bits per heavy atom. The largest absolute Gasteiger partial charge is 0.504 e. The van der Waals surface area contributed by atoms with Crippen LogP contribution in [0.15, 0.2) is 24.3 Å². The Kier molecular flexibility index (Phi) is 6.86. The molecule has 6 heteroatoms. The Labute approximate surface area is 209 Å². The summed E-state index contributed by atoms with van der Waals surface area (Å²) in [7, 11) is 7.32. The SMILES string of the molecule is CCC1CN2CCc3cc(OC)c(OC)cc3C2CC1CC1c2cc(OC)c(O)cc2CCN1C. The lowest BCUT2D eigenvalue weighted by atomic mass is 9.72. The van der Waals surface area contributed by atoms with Gasteiger partial charge >= 0.3 is 0 Å². The third kappa shape index (κ3) is 4.36. The van der Waals surface area contributed by atoms with Crippen LogP contribution < -0.4 is 14.2 Å². The second-order valence-electron chi connectivity index (χ2n) is 10.5. The highest BCUT2D eigenvalue weighted by molar-refractivity contribution is 5.50. The first-order valence-corrected chi connectivity index (χ1v) is 13.1. The number of phenols is 1. The number of fused-ring (bicyclic) bond motifs is 4. The molecule has 4 atom stereocenters. The molecule has 4 unspecified atom stereocenters. The lowest BCUT2D eigenvalue weighted by Crippen LogP contribution is -2.47. The van der Waals surface area contributed by atoms with Crippen molar-refractivity contribution in [3.8, 4) is 23.0 Å². The normalized spacial score (nSPS) is 26.4. The fraction of sp³-hybridized carbons (Fsp3) is 0.586. The molecule has 0 bridgehead atoms. The van der Waals surface area contributed by atoms with E-state index in [1.54, 1.807) is 21.3 Å². The van der Waals surface area contributed by atoms with Crippen LogP contribution in [0.1, 0.15) is 60.5 Å². The molecule has 2 aromatic carbocycles. The van der Waals surface area contributed by atoms with E-state index in [4.69, 9.17) is 14.2 Å². The van der Waals surface area contributed by atoms with E-state index < -0.39 is 0 Å². The molecule has 6 nitrogen and oxygen atoms in total. The van der Waals surface area contributed by atoms with Gasteiger partial charge in [-0.05, 0) is 91.1 Å². The van der Waals surface area contributed by atoms with Crippen LogP contribution in [-0.2, 0) is 12.8 Å². The molecule has 3 aliphatic heterocycles. The van der Waals surface area contributed by atoms with Crippen molar-refractivity contribution in [2.24, 2.45) is 11.8 Å². The number of hydrogen-bond acceptors (Lipinski definition) is 6. The van der Waals surface area contributed by atoms with Crippen molar-refractivity contribution < 1.29 is 19.3 Å². The van der Waals surface area contributed by atoms with E-state index >= 15 is 0 Å². The fourth-order valence-electron chi connectivity index (χ4n) is 6.86. The predicted molar refractivity (Wildman–Crippen MR) is 138 cm³/mol. The summed E-state index contributed by atoms with van der Waals surface area (Å²) in [5, 5.41) is 10.4. The lowest BCUT2D eigenvalue weighted by molar-refractivity contribution is 0.0340. The number of rotatable bonds is 6. The summed E-state index contributed by atoms with van der Waals surface area (Å²) in [6.45, 7) is 5.63. The third-order valence-electron chi connectivity index (χ3n) is 8.89. The topological polar surface area (TPSA) is 54.4 Å². The average Bonchev–Trinajstić information content (AvgIpc) is 2.88. The Hall–Kier alpha value is -2.44. The summed E-state index contributed by atoms with van der Waals surface area (Å²) in [6, 6.07) is 9.18. The highest BCUT2D eigenvalue weighted by Gasteiger charge is 2.40. The van der Waals surface area contributed by atoms with Gasteiger partial charge in [-0.1, -0.05) is 13.3 Å². The molecule has 0 aliphatic carbocycles. The molecular formula is C29H40N2O4. The number of piperidine rings is 1. The van der Waals surface area contributed by atoms with E-state index in [0.29, 0.717) is 29.7 Å². The number of aromatic hydroxyl groups is 1. The van der Waals surface area contributed by atoms with Crippen LogP contribution in [0.3, 0.4) is 0 Å². The van der Waals surface area contributed by atoms with Crippen LogP contribution in [-0.4, -0.2) is 62.9 Å². The van der Waals surface area contributed by atoms with Gasteiger partial charge in [0.1, 0.15) is 0 Å². The first kappa shape index (κ1) is 24.3. The summed E-state index contributed by atoms with van der Waals surface area (Å²) >= 11 is 0. The quantitative estimate of drug-likeness (QED) is 0.629. The molecule has 1 saturated heterocycles. The van der Waals surface area contributed by atoms with Gasteiger partial charge in [0.2, 0.25) is 0 Å². The molecule has 0 aromatic heterocycles. The van der Waals surface area contributed by atoms with Crippen LogP contribution in [0.25, 0.3) is 0 Å². The van der Waals surface area contributed by atoms with Crippen LogP contribution in [0.4, 0.5) is 0 Å². The zero-order valence-electron chi connectivity index (χ0n) is 21.8. The number of likely N-dealkylation sites (N-methyl/N-ethyl adjacent to an activating group) is 1. The highest BCUT2D eigenvalue weighted by atomic mass is 16.5. The molecule has 190 valence electrons. The first-order chi connectivity index (χ1) is 17.0. The molecule has 2 aromatic rings. The molecular weight excluding hydrogens is 440 g/mol. The molecule has 35 heavy (non-hydrogen) atoms. The van der Waals surface area contributed by atoms with Crippen molar-refractivity contribution in [2.45, 2.75) is 51.1 Å². The zero-order chi connectivity index (χ0) is 24.7. The van der Waals surface area contributed by atoms with Crippen molar-refractivity contribution in [1.82, 2.24) is 9.80 Å². The van der Waals surface area contributed by atoms with Crippen LogP contribution in [0, 0.1) is 11.8 Å². The van der Waals surface area contributed by atoms with Gasteiger partial charge in [-0.2, -0.15) is 0 Å². The Morgan fingerprint density at radius 1 is 0.857 bits per heavy atom. The molecule has 0 amide bonds. The first-order valence-electron chi connectivity index (χ1n) is 13.1. The summed E-state index contributed by atoms with van der Waals surface area (Å²) in [4.78, 5) is 5.21. The molecule has 0 radical (unpaired) electrons. The van der Waals surface area contributed by atoms with E-state index in [1.807, 2.05) is 6.07 Å². The van der Waals surface area contributed by atoms with Gasteiger partial charge in [-0.25, -0.2) is 0 Å². The zero-order valence-corrected chi connectivity index (χ0v) is 21.8.